The lowest BCUT2D eigenvalue weighted by atomic mass is 9.94. The molecule has 0 radical (unpaired) electrons. The summed E-state index contributed by atoms with van der Waals surface area (Å²) in [6.45, 7) is 0.989. The van der Waals surface area contributed by atoms with Gasteiger partial charge in [-0.1, -0.05) is 23.7 Å². The predicted molar refractivity (Wildman–Crippen MR) is 96.0 cm³/mol. The van der Waals surface area contributed by atoms with Crippen molar-refractivity contribution in [1.29, 1.82) is 0 Å². The predicted octanol–water partition coefficient (Wildman–Crippen LogP) is 4.66. The van der Waals surface area contributed by atoms with Crippen LogP contribution in [-0.2, 0) is 6.42 Å². The second-order valence-corrected chi connectivity index (χ2v) is 7.08. The molecule has 0 saturated heterocycles. The van der Waals surface area contributed by atoms with E-state index in [9.17, 15) is 0 Å². The van der Waals surface area contributed by atoms with Gasteiger partial charge in [0.15, 0.2) is 0 Å². The molecule has 1 atom stereocenters. The lowest BCUT2D eigenvalue weighted by molar-refractivity contribution is 0.560. The highest BCUT2D eigenvalue weighted by molar-refractivity contribution is 14.1. The molecule has 0 bridgehead atoms. The number of hydrogen-bond acceptors (Lipinski definition) is 1. The van der Waals surface area contributed by atoms with Gasteiger partial charge in [0.25, 0.3) is 0 Å². The Morgan fingerprint density at radius 2 is 2.05 bits per heavy atom. The van der Waals surface area contributed by atoms with Gasteiger partial charge in [0.1, 0.15) is 0 Å². The van der Waals surface area contributed by atoms with E-state index in [1.807, 2.05) is 6.07 Å². The minimum absolute atomic E-state index is 0.231. The van der Waals surface area contributed by atoms with Crippen LogP contribution in [0.5, 0.6) is 0 Å². The molecule has 106 valence electrons. The van der Waals surface area contributed by atoms with E-state index in [0.29, 0.717) is 0 Å². The van der Waals surface area contributed by atoms with E-state index >= 15 is 0 Å². The molecule has 2 nitrogen and oxygen atoms in total. The van der Waals surface area contributed by atoms with Gasteiger partial charge in [-0.25, -0.2) is 0 Å². The van der Waals surface area contributed by atoms with E-state index in [2.05, 4.69) is 69.3 Å². The molecule has 0 amide bonds. The van der Waals surface area contributed by atoms with Crippen molar-refractivity contribution in [2.24, 2.45) is 0 Å². The van der Waals surface area contributed by atoms with E-state index < -0.39 is 0 Å². The standard InChI is InChI=1S/C17H14ClIN2/c18-11-4-5-15-14(9-11)13-6-7-20-16(17(13)21-15)10-2-1-3-12(19)8-10/h1-5,8-9,16,20-21H,6-7H2. The molecule has 0 aliphatic carbocycles. The zero-order valence-electron chi connectivity index (χ0n) is 11.3. The fourth-order valence-electron chi connectivity index (χ4n) is 3.17. The van der Waals surface area contributed by atoms with Crippen molar-refractivity contribution in [3.63, 3.8) is 0 Å². The van der Waals surface area contributed by atoms with Crippen LogP contribution in [0.4, 0.5) is 0 Å². The Labute approximate surface area is 142 Å². The Hall–Kier alpha value is -1.04. The highest BCUT2D eigenvalue weighted by Crippen LogP contribution is 2.34. The zero-order chi connectivity index (χ0) is 14.4. The topological polar surface area (TPSA) is 27.8 Å². The largest absolute Gasteiger partial charge is 0.357 e. The summed E-state index contributed by atoms with van der Waals surface area (Å²) in [5, 5.41) is 5.69. The maximum Gasteiger partial charge on any atom is 0.0732 e. The number of rotatable bonds is 1. The number of H-pyrrole nitrogens is 1. The lowest BCUT2D eigenvalue weighted by Gasteiger charge is -2.25. The smallest absolute Gasteiger partial charge is 0.0732 e. The Balaban J connectivity index is 1.90. The normalized spacial score (nSPS) is 17.9. The first-order valence-electron chi connectivity index (χ1n) is 7.01. The number of hydrogen-bond donors (Lipinski definition) is 2. The summed E-state index contributed by atoms with van der Waals surface area (Å²) < 4.78 is 1.26. The molecule has 21 heavy (non-hydrogen) atoms. The summed E-state index contributed by atoms with van der Waals surface area (Å²) in [4.78, 5) is 3.59. The van der Waals surface area contributed by atoms with E-state index in [4.69, 9.17) is 11.6 Å². The van der Waals surface area contributed by atoms with E-state index in [1.165, 1.54) is 31.3 Å². The molecule has 1 aliphatic heterocycles. The van der Waals surface area contributed by atoms with E-state index in [-0.39, 0.29) is 6.04 Å². The third-order valence-corrected chi connectivity index (χ3v) is 5.00. The second kappa shape index (κ2) is 5.30. The van der Waals surface area contributed by atoms with E-state index in [1.54, 1.807) is 0 Å². The van der Waals surface area contributed by atoms with Crippen molar-refractivity contribution in [1.82, 2.24) is 10.3 Å². The maximum atomic E-state index is 6.16. The summed E-state index contributed by atoms with van der Waals surface area (Å²) in [6.07, 6.45) is 1.04. The number of nitrogens with one attached hydrogen (secondary N) is 2. The van der Waals surface area contributed by atoms with Gasteiger partial charge in [-0.05, 0) is 70.5 Å². The SMILES string of the molecule is Clc1ccc2[nH]c3c(c2c1)CCNC3c1cccc(I)c1. The molecule has 1 aromatic heterocycles. The monoisotopic (exact) mass is 408 g/mol. The van der Waals surface area contributed by atoms with Crippen molar-refractivity contribution in [2.75, 3.05) is 6.54 Å². The Morgan fingerprint density at radius 1 is 1.14 bits per heavy atom. The number of aromatic amines is 1. The number of fused-ring (bicyclic) bond motifs is 3. The summed E-state index contributed by atoms with van der Waals surface area (Å²) in [7, 11) is 0. The summed E-state index contributed by atoms with van der Waals surface area (Å²) >= 11 is 8.53. The number of benzene rings is 2. The molecule has 0 saturated carbocycles. The molecule has 2 aromatic carbocycles. The first-order valence-corrected chi connectivity index (χ1v) is 8.47. The molecular weight excluding hydrogens is 395 g/mol. The van der Waals surface area contributed by atoms with Crippen LogP contribution in [0, 0.1) is 3.57 Å². The van der Waals surface area contributed by atoms with Crippen molar-refractivity contribution in [3.8, 4) is 0 Å². The first-order chi connectivity index (χ1) is 10.2. The van der Waals surface area contributed by atoms with Crippen LogP contribution in [0.2, 0.25) is 5.02 Å². The molecule has 0 spiro atoms. The number of aromatic nitrogens is 1. The average Bonchev–Trinajstić information content (AvgIpc) is 2.85. The first kappa shape index (κ1) is 13.6. The van der Waals surface area contributed by atoms with Crippen LogP contribution in [0.25, 0.3) is 10.9 Å². The van der Waals surface area contributed by atoms with Crippen molar-refractivity contribution < 1.29 is 0 Å². The molecule has 1 aliphatic rings. The summed E-state index contributed by atoms with van der Waals surface area (Å²) in [5.41, 5.74) is 5.15. The van der Waals surface area contributed by atoms with Gasteiger partial charge in [0, 0.05) is 31.7 Å². The molecule has 4 heteroatoms. The van der Waals surface area contributed by atoms with Crippen molar-refractivity contribution in [2.45, 2.75) is 12.5 Å². The van der Waals surface area contributed by atoms with Crippen LogP contribution < -0.4 is 5.32 Å². The molecule has 1 unspecified atom stereocenters. The fourth-order valence-corrected chi connectivity index (χ4v) is 3.91. The van der Waals surface area contributed by atoms with Gasteiger partial charge in [-0.2, -0.15) is 0 Å². The van der Waals surface area contributed by atoms with Crippen LogP contribution in [0.3, 0.4) is 0 Å². The molecule has 3 aromatic rings. The third kappa shape index (κ3) is 2.37. The molecule has 2 heterocycles. The highest BCUT2D eigenvalue weighted by Gasteiger charge is 2.25. The molecule has 4 rings (SSSR count). The quantitative estimate of drug-likeness (QED) is 0.563. The fraction of sp³-hybridized carbons (Fsp3) is 0.176. The van der Waals surface area contributed by atoms with Gasteiger partial charge >= 0.3 is 0 Å². The Kier molecular flexibility index (Phi) is 3.44. The minimum atomic E-state index is 0.231. The van der Waals surface area contributed by atoms with E-state index in [0.717, 1.165) is 18.0 Å². The second-order valence-electron chi connectivity index (χ2n) is 5.40. The van der Waals surface area contributed by atoms with Crippen molar-refractivity contribution in [3.05, 3.63) is 67.9 Å². The molecule has 2 N–H and O–H groups in total. The van der Waals surface area contributed by atoms with Crippen LogP contribution in [0.15, 0.2) is 42.5 Å². The Bertz CT molecular complexity index is 825. The van der Waals surface area contributed by atoms with Crippen LogP contribution >= 0.6 is 34.2 Å². The van der Waals surface area contributed by atoms with Gasteiger partial charge in [-0.15, -0.1) is 0 Å². The third-order valence-electron chi connectivity index (χ3n) is 4.10. The van der Waals surface area contributed by atoms with Gasteiger partial charge in [0.05, 0.1) is 6.04 Å². The highest BCUT2D eigenvalue weighted by atomic mass is 127. The van der Waals surface area contributed by atoms with Crippen molar-refractivity contribution >= 4 is 45.1 Å². The van der Waals surface area contributed by atoms with Crippen LogP contribution in [0.1, 0.15) is 22.9 Å². The summed E-state index contributed by atoms with van der Waals surface area (Å²) in [6, 6.07) is 15.0. The van der Waals surface area contributed by atoms with Gasteiger partial charge in [0.2, 0.25) is 0 Å². The average molecular weight is 409 g/mol. The maximum absolute atomic E-state index is 6.16. The van der Waals surface area contributed by atoms with Crippen LogP contribution in [-0.4, -0.2) is 11.5 Å². The zero-order valence-corrected chi connectivity index (χ0v) is 14.2. The Morgan fingerprint density at radius 3 is 2.90 bits per heavy atom. The molecule has 0 fully saturated rings. The lowest BCUT2D eigenvalue weighted by Crippen LogP contribution is -2.30. The number of halogens is 2. The minimum Gasteiger partial charge on any atom is -0.357 e. The molecular formula is C17H14ClIN2. The van der Waals surface area contributed by atoms with Gasteiger partial charge < -0.3 is 10.3 Å². The van der Waals surface area contributed by atoms with Gasteiger partial charge in [-0.3, -0.25) is 0 Å². The summed E-state index contributed by atoms with van der Waals surface area (Å²) in [5.74, 6) is 0.